The number of hydrogen-bond acceptors (Lipinski definition) is 2. The minimum atomic E-state index is 0.167. The van der Waals surface area contributed by atoms with Crippen LogP contribution >= 0.6 is 0 Å². The number of nitrogens with two attached hydrogens (primary N) is 1. The van der Waals surface area contributed by atoms with E-state index in [0.29, 0.717) is 5.92 Å². The molecule has 3 nitrogen and oxygen atoms in total. The molecule has 1 amide bonds. The van der Waals surface area contributed by atoms with Crippen LogP contribution in [0.3, 0.4) is 0 Å². The van der Waals surface area contributed by atoms with Crippen LogP contribution in [-0.4, -0.2) is 29.9 Å². The molecule has 104 valence electrons. The van der Waals surface area contributed by atoms with Crippen molar-refractivity contribution in [1.82, 2.24) is 4.90 Å². The third kappa shape index (κ3) is 3.16. The molecule has 1 aliphatic rings. The number of piperidine rings is 1. The fourth-order valence-electron chi connectivity index (χ4n) is 2.85. The molecule has 1 saturated heterocycles. The van der Waals surface area contributed by atoms with Crippen LogP contribution in [0.5, 0.6) is 0 Å². The molecule has 19 heavy (non-hydrogen) atoms. The Hall–Kier alpha value is -1.35. The average Bonchev–Trinajstić information content (AvgIpc) is 2.38. The maximum absolute atomic E-state index is 12.5. The zero-order chi connectivity index (χ0) is 14.0. The molecule has 1 aromatic carbocycles. The zero-order valence-corrected chi connectivity index (χ0v) is 12.1. The number of hydrogen-bond donors (Lipinski definition) is 1. The van der Waals surface area contributed by atoms with Gasteiger partial charge in [-0.1, -0.05) is 17.7 Å². The molecule has 0 unspecified atom stereocenters. The lowest BCUT2D eigenvalue weighted by atomic mass is 9.90. The summed E-state index contributed by atoms with van der Waals surface area (Å²) in [5.74, 6) is 0.726. The zero-order valence-electron chi connectivity index (χ0n) is 12.1. The van der Waals surface area contributed by atoms with E-state index >= 15 is 0 Å². The smallest absolute Gasteiger partial charge is 0.254 e. The van der Waals surface area contributed by atoms with Crippen LogP contribution in [0.15, 0.2) is 18.2 Å². The van der Waals surface area contributed by atoms with Gasteiger partial charge in [-0.15, -0.1) is 0 Å². The number of rotatable bonds is 2. The third-order valence-corrected chi connectivity index (χ3v) is 4.18. The number of likely N-dealkylation sites (tertiary alicyclic amines) is 1. The second kappa shape index (κ2) is 5.74. The van der Waals surface area contributed by atoms with Gasteiger partial charge in [0, 0.05) is 24.7 Å². The van der Waals surface area contributed by atoms with Crippen LogP contribution in [0.1, 0.15) is 41.3 Å². The Kier molecular flexibility index (Phi) is 4.25. The molecule has 0 bridgehead atoms. The van der Waals surface area contributed by atoms with Crippen molar-refractivity contribution in [3.05, 3.63) is 34.9 Å². The van der Waals surface area contributed by atoms with Gasteiger partial charge in [0.15, 0.2) is 0 Å². The monoisotopic (exact) mass is 260 g/mol. The number of nitrogens with zero attached hydrogens (tertiary/aromatic N) is 1. The summed E-state index contributed by atoms with van der Waals surface area (Å²) in [6.45, 7) is 7.79. The summed E-state index contributed by atoms with van der Waals surface area (Å²) in [7, 11) is 0. The highest BCUT2D eigenvalue weighted by atomic mass is 16.2. The predicted molar refractivity (Wildman–Crippen MR) is 78.2 cm³/mol. The summed E-state index contributed by atoms with van der Waals surface area (Å²) < 4.78 is 0. The van der Waals surface area contributed by atoms with Gasteiger partial charge in [-0.2, -0.15) is 0 Å². The summed E-state index contributed by atoms with van der Waals surface area (Å²) >= 11 is 0. The molecule has 0 aliphatic carbocycles. The SMILES string of the molecule is Cc1ccc(C(=O)N2CCC([C@@H](C)N)CC2)c(C)c1. The second-order valence-corrected chi connectivity index (χ2v) is 5.81. The lowest BCUT2D eigenvalue weighted by molar-refractivity contribution is 0.0680. The van der Waals surface area contributed by atoms with Crippen LogP contribution in [0.25, 0.3) is 0 Å². The Labute approximate surface area is 115 Å². The first kappa shape index (κ1) is 14.1. The molecule has 0 aromatic heterocycles. The van der Waals surface area contributed by atoms with E-state index in [0.717, 1.165) is 37.1 Å². The number of aryl methyl sites for hydroxylation is 2. The van der Waals surface area contributed by atoms with Crippen molar-refractivity contribution in [2.45, 2.75) is 39.7 Å². The van der Waals surface area contributed by atoms with E-state index in [1.807, 2.05) is 24.0 Å². The number of carbonyl (C=O) groups is 1. The highest BCUT2D eigenvalue weighted by molar-refractivity contribution is 5.95. The Morgan fingerprint density at radius 3 is 2.47 bits per heavy atom. The standard InChI is InChI=1S/C16H24N2O/c1-11-4-5-15(12(2)10-11)16(19)18-8-6-14(7-9-18)13(3)17/h4-5,10,13-14H,6-9,17H2,1-3H3/t13-/m1/s1. The van der Waals surface area contributed by atoms with Crippen molar-refractivity contribution in [3.8, 4) is 0 Å². The van der Waals surface area contributed by atoms with E-state index in [1.54, 1.807) is 0 Å². The van der Waals surface area contributed by atoms with E-state index in [-0.39, 0.29) is 11.9 Å². The van der Waals surface area contributed by atoms with Crippen LogP contribution < -0.4 is 5.73 Å². The molecule has 0 saturated carbocycles. The maximum atomic E-state index is 12.5. The van der Waals surface area contributed by atoms with E-state index in [1.165, 1.54) is 5.56 Å². The van der Waals surface area contributed by atoms with Crippen molar-refractivity contribution in [1.29, 1.82) is 0 Å². The first-order valence-electron chi connectivity index (χ1n) is 7.11. The van der Waals surface area contributed by atoms with E-state index in [9.17, 15) is 4.79 Å². The van der Waals surface area contributed by atoms with Gasteiger partial charge in [0.1, 0.15) is 0 Å². The number of carbonyl (C=O) groups excluding carboxylic acids is 1. The summed E-state index contributed by atoms with van der Waals surface area (Å²) in [4.78, 5) is 14.5. The Bertz CT molecular complexity index is 460. The maximum Gasteiger partial charge on any atom is 0.254 e. The van der Waals surface area contributed by atoms with Crippen LogP contribution in [-0.2, 0) is 0 Å². The van der Waals surface area contributed by atoms with E-state index < -0.39 is 0 Å². The van der Waals surface area contributed by atoms with Crippen LogP contribution in [0, 0.1) is 19.8 Å². The molecule has 0 spiro atoms. The fourth-order valence-corrected chi connectivity index (χ4v) is 2.85. The van der Waals surface area contributed by atoms with Gasteiger partial charge in [0.05, 0.1) is 0 Å². The van der Waals surface area contributed by atoms with Gasteiger partial charge in [0.2, 0.25) is 0 Å². The molecule has 1 fully saturated rings. The highest BCUT2D eigenvalue weighted by Crippen LogP contribution is 2.22. The average molecular weight is 260 g/mol. The first-order chi connectivity index (χ1) is 8.99. The topological polar surface area (TPSA) is 46.3 Å². The lowest BCUT2D eigenvalue weighted by Crippen LogP contribution is -2.42. The Balaban J connectivity index is 2.05. The molecule has 2 N–H and O–H groups in total. The second-order valence-electron chi connectivity index (χ2n) is 5.81. The van der Waals surface area contributed by atoms with Gasteiger partial charge < -0.3 is 10.6 Å². The van der Waals surface area contributed by atoms with E-state index in [4.69, 9.17) is 5.73 Å². The fraction of sp³-hybridized carbons (Fsp3) is 0.562. The summed E-state index contributed by atoms with van der Waals surface area (Å²) in [6.07, 6.45) is 2.04. The molecule has 1 heterocycles. The predicted octanol–water partition coefficient (Wildman–Crippen LogP) is 2.50. The summed E-state index contributed by atoms with van der Waals surface area (Å²) in [5.41, 5.74) is 9.04. The molecular weight excluding hydrogens is 236 g/mol. The Morgan fingerprint density at radius 1 is 1.32 bits per heavy atom. The Morgan fingerprint density at radius 2 is 1.95 bits per heavy atom. The molecule has 3 heteroatoms. The van der Waals surface area contributed by atoms with Gasteiger partial charge in [-0.05, 0) is 51.2 Å². The lowest BCUT2D eigenvalue weighted by Gasteiger charge is -2.34. The van der Waals surface area contributed by atoms with Crippen molar-refractivity contribution < 1.29 is 4.79 Å². The van der Waals surface area contributed by atoms with Gasteiger partial charge in [-0.3, -0.25) is 4.79 Å². The molecule has 2 rings (SSSR count). The van der Waals surface area contributed by atoms with Crippen LogP contribution in [0.2, 0.25) is 0 Å². The summed E-state index contributed by atoms with van der Waals surface area (Å²) in [6, 6.07) is 6.26. The number of benzene rings is 1. The molecular formula is C16H24N2O. The minimum Gasteiger partial charge on any atom is -0.339 e. The van der Waals surface area contributed by atoms with Gasteiger partial charge >= 0.3 is 0 Å². The molecule has 1 aliphatic heterocycles. The van der Waals surface area contributed by atoms with Crippen LogP contribution in [0.4, 0.5) is 0 Å². The number of amides is 1. The molecule has 1 aromatic rings. The normalized spacial score (nSPS) is 18.4. The van der Waals surface area contributed by atoms with Crippen molar-refractivity contribution >= 4 is 5.91 Å². The van der Waals surface area contributed by atoms with E-state index in [2.05, 4.69) is 19.9 Å². The quantitative estimate of drug-likeness (QED) is 0.888. The first-order valence-corrected chi connectivity index (χ1v) is 7.11. The van der Waals surface area contributed by atoms with Gasteiger partial charge in [-0.25, -0.2) is 0 Å². The molecule has 0 radical (unpaired) electrons. The molecule has 1 atom stereocenters. The minimum absolute atomic E-state index is 0.167. The van der Waals surface area contributed by atoms with Crippen molar-refractivity contribution in [2.75, 3.05) is 13.1 Å². The van der Waals surface area contributed by atoms with Crippen molar-refractivity contribution in [3.63, 3.8) is 0 Å². The van der Waals surface area contributed by atoms with Gasteiger partial charge in [0.25, 0.3) is 5.91 Å². The summed E-state index contributed by atoms with van der Waals surface area (Å²) in [5, 5.41) is 0. The largest absolute Gasteiger partial charge is 0.339 e. The highest BCUT2D eigenvalue weighted by Gasteiger charge is 2.25. The third-order valence-electron chi connectivity index (χ3n) is 4.18. The van der Waals surface area contributed by atoms with Crippen molar-refractivity contribution in [2.24, 2.45) is 11.7 Å².